The Morgan fingerprint density at radius 3 is 2.71 bits per heavy atom. The lowest BCUT2D eigenvalue weighted by atomic mass is 10.2. The van der Waals surface area contributed by atoms with Gasteiger partial charge in [0.05, 0.1) is 13.3 Å². The molecule has 24 heavy (non-hydrogen) atoms. The summed E-state index contributed by atoms with van der Waals surface area (Å²) >= 11 is 3.34. The highest BCUT2D eigenvalue weighted by atomic mass is 79.9. The molecule has 0 saturated carbocycles. The van der Waals surface area contributed by atoms with E-state index in [0.717, 1.165) is 5.56 Å². The van der Waals surface area contributed by atoms with Gasteiger partial charge in [0.25, 0.3) is 5.91 Å². The largest absolute Gasteiger partial charge is 0.493 e. The van der Waals surface area contributed by atoms with Crippen molar-refractivity contribution in [3.05, 3.63) is 58.1 Å². The second-order valence-electron chi connectivity index (χ2n) is 4.82. The van der Waals surface area contributed by atoms with Crippen LogP contribution in [0.1, 0.15) is 11.1 Å². The lowest BCUT2D eigenvalue weighted by Gasteiger charge is -2.12. The van der Waals surface area contributed by atoms with E-state index in [9.17, 15) is 4.79 Å². The van der Waals surface area contributed by atoms with E-state index < -0.39 is 0 Å². The normalized spacial score (nSPS) is 10.6. The van der Waals surface area contributed by atoms with Crippen LogP contribution in [-0.2, 0) is 11.3 Å². The Balaban J connectivity index is 1.95. The predicted molar refractivity (Wildman–Crippen MR) is 93.9 cm³/mol. The summed E-state index contributed by atoms with van der Waals surface area (Å²) in [6, 6.07) is 12.9. The fraction of sp³-hybridized carbons (Fsp3) is 0.176. The first-order chi connectivity index (χ1) is 11.6. The number of ether oxygens (including phenoxy) is 2. The van der Waals surface area contributed by atoms with E-state index in [4.69, 9.17) is 14.7 Å². The number of benzene rings is 2. The zero-order valence-electron chi connectivity index (χ0n) is 13.0. The fourth-order valence-corrected chi connectivity index (χ4v) is 2.40. The molecule has 0 radical (unpaired) electrons. The van der Waals surface area contributed by atoms with E-state index in [2.05, 4.69) is 26.4 Å². The Morgan fingerprint density at radius 1 is 1.29 bits per heavy atom. The molecule has 0 aliphatic rings. The molecule has 0 aliphatic carbocycles. The van der Waals surface area contributed by atoms with Crippen LogP contribution in [0, 0.1) is 0 Å². The number of rotatable bonds is 7. The summed E-state index contributed by atoms with van der Waals surface area (Å²) < 4.78 is 11.4. The molecule has 2 rings (SSSR count). The smallest absolute Gasteiger partial charge is 0.258 e. The minimum atomic E-state index is -0.238. The second-order valence-corrected chi connectivity index (χ2v) is 5.67. The summed E-state index contributed by atoms with van der Waals surface area (Å²) in [5, 5.41) is 14.4. The summed E-state index contributed by atoms with van der Waals surface area (Å²) in [5.74, 6) is 0.608. The quantitative estimate of drug-likeness (QED) is 0.431. The summed E-state index contributed by atoms with van der Waals surface area (Å²) in [5.41, 5.74) is 1.63. The molecule has 0 unspecified atom stereocenters. The molecule has 0 heterocycles. The number of nitrogens with zero attached hydrogens (tertiary/aromatic N) is 1. The van der Waals surface area contributed by atoms with Crippen molar-refractivity contribution in [3.8, 4) is 11.5 Å². The predicted octanol–water partition coefficient (Wildman–Crippen LogP) is 2.96. The molecule has 0 bridgehead atoms. The molecule has 2 aromatic rings. The molecule has 7 heteroatoms. The van der Waals surface area contributed by atoms with Crippen LogP contribution in [0.5, 0.6) is 11.5 Å². The molecule has 0 atom stereocenters. The van der Waals surface area contributed by atoms with E-state index >= 15 is 0 Å². The van der Waals surface area contributed by atoms with Gasteiger partial charge < -0.3 is 20.0 Å². The van der Waals surface area contributed by atoms with Crippen molar-refractivity contribution < 1.29 is 19.5 Å². The third-order valence-corrected chi connectivity index (χ3v) is 3.86. The summed E-state index contributed by atoms with van der Waals surface area (Å²) in [6.07, 6.45) is 1.27. The summed E-state index contributed by atoms with van der Waals surface area (Å²) in [4.78, 5) is 11.9. The Kier molecular flexibility index (Phi) is 6.62. The second kappa shape index (κ2) is 8.93. The SMILES string of the molecule is COc1cc(/C=N/O)c(Br)cc1OCC(=O)NCc1ccccc1. The minimum Gasteiger partial charge on any atom is -0.493 e. The number of carbonyl (C=O) groups is 1. The van der Waals surface area contributed by atoms with Crippen LogP contribution >= 0.6 is 15.9 Å². The first-order valence-corrected chi connectivity index (χ1v) is 7.91. The highest BCUT2D eigenvalue weighted by molar-refractivity contribution is 9.10. The van der Waals surface area contributed by atoms with Gasteiger partial charge in [0.2, 0.25) is 0 Å². The molecule has 2 aromatic carbocycles. The summed E-state index contributed by atoms with van der Waals surface area (Å²) in [6.45, 7) is 0.304. The summed E-state index contributed by atoms with van der Waals surface area (Å²) in [7, 11) is 1.49. The molecule has 2 N–H and O–H groups in total. The Bertz CT molecular complexity index is 720. The first-order valence-electron chi connectivity index (χ1n) is 7.12. The lowest BCUT2D eigenvalue weighted by molar-refractivity contribution is -0.123. The molecule has 0 fully saturated rings. The maximum Gasteiger partial charge on any atom is 0.258 e. The van der Waals surface area contributed by atoms with Crippen molar-refractivity contribution >= 4 is 28.1 Å². The molecule has 6 nitrogen and oxygen atoms in total. The fourth-order valence-electron chi connectivity index (χ4n) is 1.98. The Hall–Kier alpha value is -2.54. The number of halogens is 1. The third kappa shape index (κ3) is 4.99. The number of amides is 1. The van der Waals surface area contributed by atoms with Gasteiger partial charge in [-0.1, -0.05) is 35.5 Å². The lowest BCUT2D eigenvalue weighted by Crippen LogP contribution is -2.28. The zero-order valence-corrected chi connectivity index (χ0v) is 14.6. The Labute approximate surface area is 148 Å². The minimum absolute atomic E-state index is 0.136. The number of carbonyl (C=O) groups excluding carboxylic acids is 1. The van der Waals surface area contributed by atoms with Crippen molar-refractivity contribution in [2.45, 2.75) is 6.54 Å². The van der Waals surface area contributed by atoms with Gasteiger partial charge in [-0.05, 0) is 33.6 Å². The van der Waals surface area contributed by atoms with Gasteiger partial charge in [-0.3, -0.25) is 4.79 Å². The van der Waals surface area contributed by atoms with Gasteiger partial charge in [0, 0.05) is 16.6 Å². The maximum absolute atomic E-state index is 11.9. The number of hydrogen-bond acceptors (Lipinski definition) is 5. The van der Waals surface area contributed by atoms with Crippen LogP contribution in [0.4, 0.5) is 0 Å². The maximum atomic E-state index is 11.9. The van der Waals surface area contributed by atoms with Crippen LogP contribution < -0.4 is 14.8 Å². The topological polar surface area (TPSA) is 80.2 Å². The molecule has 0 saturated heterocycles. The van der Waals surface area contributed by atoms with E-state index in [0.29, 0.717) is 28.1 Å². The van der Waals surface area contributed by atoms with Gasteiger partial charge in [-0.25, -0.2) is 0 Å². The molecule has 0 aliphatic heterocycles. The standard InChI is InChI=1S/C17H17BrN2O4/c1-23-15-7-13(10-20-22)14(18)8-16(15)24-11-17(21)19-9-12-5-3-2-4-6-12/h2-8,10,22H,9,11H2,1H3,(H,19,21)/b20-10+. The van der Waals surface area contributed by atoms with Gasteiger partial charge >= 0.3 is 0 Å². The molecular formula is C17H17BrN2O4. The van der Waals surface area contributed by atoms with Crippen LogP contribution in [0.3, 0.4) is 0 Å². The number of methoxy groups -OCH3 is 1. The van der Waals surface area contributed by atoms with Gasteiger partial charge in [0.15, 0.2) is 18.1 Å². The molecule has 126 valence electrons. The monoisotopic (exact) mass is 392 g/mol. The Morgan fingerprint density at radius 2 is 2.04 bits per heavy atom. The number of hydrogen-bond donors (Lipinski definition) is 2. The highest BCUT2D eigenvalue weighted by Gasteiger charge is 2.11. The van der Waals surface area contributed by atoms with Crippen molar-refractivity contribution in [3.63, 3.8) is 0 Å². The van der Waals surface area contributed by atoms with Crippen LogP contribution in [0.25, 0.3) is 0 Å². The molecular weight excluding hydrogens is 376 g/mol. The van der Waals surface area contributed by atoms with Crippen LogP contribution in [0.2, 0.25) is 0 Å². The van der Waals surface area contributed by atoms with Gasteiger partial charge in [0.1, 0.15) is 0 Å². The van der Waals surface area contributed by atoms with Crippen molar-refractivity contribution in [2.24, 2.45) is 5.16 Å². The van der Waals surface area contributed by atoms with Gasteiger partial charge in [-0.2, -0.15) is 0 Å². The van der Waals surface area contributed by atoms with E-state index in [1.165, 1.54) is 13.3 Å². The molecule has 1 amide bonds. The van der Waals surface area contributed by atoms with E-state index in [-0.39, 0.29) is 12.5 Å². The third-order valence-electron chi connectivity index (χ3n) is 3.17. The molecule has 0 spiro atoms. The van der Waals surface area contributed by atoms with Crippen molar-refractivity contribution in [1.29, 1.82) is 0 Å². The van der Waals surface area contributed by atoms with Crippen LogP contribution in [0.15, 0.2) is 52.1 Å². The highest BCUT2D eigenvalue weighted by Crippen LogP contribution is 2.32. The van der Waals surface area contributed by atoms with Gasteiger partial charge in [-0.15, -0.1) is 0 Å². The average Bonchev–Trinajstić information content (AvgIpc) is 2.61. The molecule has 0 aromatic heterocycles. The first kappa shape index (κ1) is 17.8. The van der Waals surface area contributed by atoms with Crippen molar-refractivity contribution in [2.75, 3.05) is 13.7 Å². The van der Waals surface area contributed by atoms with Crippen LogP contribution in [-0.4, -0.2) is 31.0 Å². The van der Waals surface area contributed by atoms with E-state index in [1.807, 2.05) is 30.3 Å². The zero-order chi connectivity index (χ0) is 17.4. The van der Waals surface area contributed by atoms with E-state index in [1.54, 1.807) is 12.1 Å². The number of oxime groups is 1. The number of nitrogens with one attached hydrogen (secondary N) is 1. The average molecular weight is 393 g/mol. The van der Waals surface area contributed by atoms with Crippen molar-refractivity contribution in [1.82, 2.24) is 5.32 Å².